The van der Waals surface area contributed by atoms with Gasteiger partial charge in [0.2, 0.25) is 5.75 Å². The molecule has 0 fully saturated rings. The van der Waals surface area contributed by atoms with Crippen LogP contribution in [-0.2, 0) is 6.54 Å². The number of aromatic nitrogens is 2. The molecule has 0 spiro atoms. The first kappa shape index (κ1) is 28.3. The number of benzene rings is 1. The molecule has 6 nitrogen and oxygen atoms in total. The van der Waals surface area contributed by atoms with Crippen LogP contribution in [0.5, 0.6) is 5.75 Å². The molecular formula is C24H27F4N3O3. The normalized spacial score (nSPS) is 12.0. The quantitative estimate of drug-likeness (QED) is 0.319. The molecule has 10 heteroatoms. The molecule has 34 heavy (non-hydrogen) atoms. The molecule has 0 bridgehead atoms. The van der Waals surface area contributed by atoms with E-state index in [2.05, 4.69) is 21.9 Å². The van der Waals surface area contributed by atoms with Crippen LogP contribution in [0.2, 0.25) is 0 Å². The summed E-state index contributed by atoms with van der Waals surface area (Å²) < 4.78 is 48.6. The zero-order valence-electron chi connectivity index (χ0n) is 18.8. The van der Waals surface area contributed by atoms with Gasteiger partial charge in [-0.1, -0.05) is 49.9 Å². The highest BCUT2D eigenvalue weighted by atomic mass is 19.3. The molecule has 1 aromatic heterocycles. The van der Waals surface area contributed by atoms with Crippen LogP contribution in [0.25, 0.3) is 0 Å². The van der Waals surface area contributed by atoms with Crippen LogP contribution in [0.1, 0.15) is 59.5 Å². The molecule has 1 unspecified atom stereocenters. The Kier molecular flexibility index (Phi) is 12.1. The molecule has 184 valence electrons. The number of nitrogens with one attached hydrogen (secondary N) is 2. The van der Waals surface area contributed by atoms with Crippen molar-refractivity contribution in [3.05, 3.63) is 94.0 Å². The summed E-state index contributed by atoms with van der Waals surface area (Å²) in [7, 11) is 0.500. The van der Waals surface area contributed by atoms with Crippen LogP contribution in [0.15, 0.2) is 60.0 Å². The average Bonchev–Trinajstić information content (AvgIpc) is 2.83. The number of allylic oxidation sites excluding steroid dienone is 5. The number of rotatable bonds is 10. The first-order valence-electron chi connectivity index (χ1n) is 10.3. The maximum absolute atomic E-state index is 13.4. The maximum Gasteiger partial charge on any atom is 0.293 e. The van der Waals surface area contributed by atoms with Crippen molar-refractivity contribution in [2.45, 2.75) is 38.7 Å². The lowest BCUT2D eigenvalue weighted by Gasteiger charge is -2.14. The standard InChI is InChI=1S/C23H24F3N3O3.CH3F/c1-3-5-6-7-8-9-15(4-2)21-28-18(19(30)23(32)29-21)22(31)27-13-14-10-11-17(24)16(12-14)20(25)26;1-2/h3,5-8,10-12,15,20,30H,1,4,9,13H2,2H3,(H,27,31)(H,28,29,32);1H3/b6-5-,8-7-;. The molecule has 1 amide bonds. The molecule has 0 aliphatic carbocycles. The zero-order chi connectivity index (χ0) is 25.7. The summed E-state index contributed by atoms with van der Waals surface area (Å²) in [5, 5.41) is 12.4. The second kappa shape index (κ2) is 14.5. The lowest BCUT2D eigenvalue weighted by atomic mass is 10.0. The summed E-state index contributed by atoms with van der Waals surface area (Å²) in [4.78, 5) is 31.3. The number of nitrogens with zero attached hydrogens (tertiary/aromatic N) is 1. The van der Waals surface area contributed by atoms with Crippen LogP contribution in [0.3, 0.4) is 0 Å². The van der Waals surface area contributed by atoms with Crippen molar-refractivity contribution < 1.29 is 27.5 Å². The van der Waals surface area contributed by atoms with Gasteiger partial charge >= 0.3 is 0 Å². The van der Waals surface area contributed by atoms with Gasteiger partial charge in [0.05, 0.1) is 12.7 Å². The molecule has 0 radical (unpaired) electrons. The highest BCUT2D eigenvalue weighted by Gasteiger charge is 2.21. The fraction of sp³-hybridized carbons (Fsp3) is 0.292. The van der Waals surface area contributed by atoms with Gasteiger partial charge < -0.3 is 15.4 Å². The number of hydrogen-bond donors (Lipinski definition) is 3. The topological polar surface area (TPSA) is 95.1 Å². The monoisotopic (exact) mass is 481 g/mol. The second-order valence-corrected chi connectivity index (χ2v) is 6.88. The van der Waals surface area contributed by atoms with Gasteiger partial charge in [-0.3, -0.25) is 14.0 Å². The van der Waals surface area contributed by atoms with Crippen LogP contribution in [0, 0.1) is 5.82 Å². The fourth-order valence-electron chi connectivity index (χ4n) is 2.91. The second-order valence-electron chi connectivity index (χ2n) is 6.88. The minimum atomic E-state index is -3.00. The molecule has 0 aliphatic heterocycles. The number of halogens is 4. The van der Waals surface area contributed by atoms with Crippen molar-refractivity contribution >= 4 is 5.91 Å². The summed E-state index contributed by atoms with van der Waals surface area (Å²) in [6.45, 7) is 5.23. The molecule has 3 N–H and O–H groups in total. The largest absolute Gasteiger partial charge is 0.501 e. The maximum atomic E-state index is 13.4. The van der Waals surface area contributed by atoms with Gasteiger partial charge in [-0.2, -0.15) is 0 Å². The molecule has 2 rings (SSSR count). The molecule has 1 aromatic carbocycles. The number of carbonyl (C=O) groups is 1. The third kappa shape index (κ3) is 8.02. The van der Waals surface area contributed by atoms with Crippen LogP contribution in [0.4, 0.5) is 17.6 Å². The first-order valence-corrected chi connectivity index (χ1v) is 10.3. The molecule has 0 aliphatic rings. The first-order chi connectivity index (χ1) is 16.3. The summed E-state index contributed by atoms with van der Waals surface area (Å²) in [5.74, 6) is -2.74. The molecule has 0 saturated carbocycles. The van der Waals surface area contributed by atoms with E-state index in [-0.39, 0.29) is 23.9 Å². The lowest BCUT2D eigenvalue weighted by Crippen LogP contribution is -2.27. The van der Waals surface area contributed by atoms with Gasteiger partial charge in [0.15, 0.2) is 5.69 Å². The van der Waals surface area contributed by atoms with Gasteiger partial charge in [-0.15, -0.1) is 0 Å². The molecule has 1 atom stereocenters. The predicted octanol–water partition coefficient (Wildman–Crippen LogP) is 5.25. The Morgan fingerprint density at radius 2 is 1.97 bits per heavy atom. The highest BCUT2D eigenvalue weighted by Crippen LogP contribution is 2.24. The van der Waals surface area contributed by atoms with E-state index in [1.165, 1.54) is 6.07 Å². The van der Waals surface area contributed by atoms with Crippen LogP contribution < -0.4 is 10.9 Å². The van der Waals surface area contributed by atoms with Crippen molar-refractivity contribution in [1.29, 1.82) is 0 Å². The average molecular weight is 481 g/mol. The SMILES string of the molecule is C=C/C=C\C=C/CC(CC)c1nc(C(=O)NCc2ccc(F)c(C(F)F)c2)c(O)c(=O)[nH]1.CF. The minimum Gasteiger partial charge on any atom is -0.501 e. The molecular weight excluding hydrogens is 454 g/mol. The zero-order valence-corrected chi connectivity index (χ0v) is 18.8. The van der Waals surface area contributed by atoms with Crippen molar-refractivity contribution in [1.82, 2.24) is 15.3 Å². The van der Waals surface area contributed by atoms with E-state index in [9.17, 15) is 32.3 Å². The number of aromatic amines is 1. The van der Waals surface area contributed by atoms with E-state index >= 15 is 0 Å². The van der Waals surface area contributed by atoms with Gasteiger partial charge in [0.1, 0.15) is 11.6 Å². The van der Waals surface area contributed by atoms with Gasteiger partial charge in [0.25, 0.3) is 17.9 Å². The number of alkyl halides is 3. The van der Waals surface area contributed by atoms with Crippen LogP contribution in [-0.4, -0.2) is 28.2 Å². The Balaban J connectivity index is 0.00000281. The summed E-state index contributed by atoms with van der Waals surface area (Å²) in [5.41, 5.74) is -1.90. The lowest BCUT2D eigenvalue weighted by molar-refractivity contribution is 0.0942. The van der Waals surface area contributed by atoms with Crippen molar-refractivity contribution in [2.24, 2.45) is 0 Å². The number of H-pyrrole nitrogens is 1. The summed E-state index contributed by atoms with van der Waals surface area (Å²) in [6, 6.07) is 3.07. The Morgan fingerprint density at radius 3 is 2.59 bits per heavy atom. The molecule has 0 saturated heterocycles. The number of amides is 1. The van der Waals surface area contributed by atoms with E-state index in [1.54, 1.807) is 18.2 Å². The smallest absolute Gasteiger partial charge is 0.293 e. The summed E-state index contributed by atoms with van der Waals surface area (Å²) in [6.07, 6.45) is 6.99. The number of aromatic hydroxyl groups is 1. The molecule has 1 heterocycles. The Morgan fingerprint density at radius 1 is 1.26 bits per heavy atom. The van der Waals surface area contributed by atoms with Crippen molar-refractivity contribution in [2.75, 3.05) is 7.18 Å². The van der Waals surface area contributed by atoms with E-state index in [0.717, 1.165) is 12.1 Å². The van der Waals surface area contributed by atoms with E-state index in [0.29, 0.717) is 20.0 Å². The third-order valence-corrected chi connectivity index (χ3v) is 4.67. The van der Waals surface area contributed by atoms with E-state index < -0.39 is 40.7 Å². The van der Waals surface area contributed by atoms with Gasteiger partial charge in [-0.05, 0) is 30.5 Å². The minimum absolute atomic E-state index is 0.214. The summed E-state index contributed by atoms with van der Waals surface area (Å²) >= 11 is 0. The Labute approximate surface area is 194 Å². The highest BCUT2D eigenvalue weighted by molar-refractivity contribution is 5.94. The Hall–Kier alpha value is -3.69. The fourth-order valence-corrected chi connectivity index (χ4v) is 2.91. The molecule has 2 aromatic rings. The van der Waals surface area contributed by atoms with Gasteiger partial charge in [-0.25, -0.2) is 18.2 Å². The third-order valence-electron chi connectivity index (χ3n) is 4.67. The van der Waals surface area contributed by atoms with Gasteiger partial charge in [0, 0.05) is 12.5 Å². The number of hydrogen-bond acceptors (Lipinski definition) is 4. The van der Waals surface area contributed by atoms with E-state index in [1.807, 2.05) is 19.1 Å². The van der Waals surface area contributed by atoms with Crippen molar-refractivity contribution in [3.8, 4) is 5.75 Å². The van der Waals surface area contributed by atoms with Crippen LogP contribution >= 0.6 is 0 Å². The van der Waals surface area contributed by atoms with Crippen molar-refractivity contribution in [3.63, 3.8) is 0 Å². The number of carbonyl (C=O) groups excluding carboxylic acids is 1. The van der Waals surface area contributed by atoms with E-state index in [4.69, 9.17) is 0 Å². The Bertz CT molecular complexity index is 1080. The predicted molar refractivity (Wildman–Crippen MR) is 122 cm³/mol.